The minimum atomic E-state index is 0.626. The maximum atomic E-state index is 3.48. The van der Waals surface area contributed by atoms with Crippen molar-refractivity contribution in [3.8, 4) is 0 Å². The Kier molecular flexibility index (Phi) is 5.70. The fourth-order valence-electron chi connectivity index (χ4n) is 2.71. The van der Waals surface area contributed by atoms with E-state index in [-0.39, 0.29) is 0 Å². The minimum absolute atomic E-state index is 0.626. The second-order valence-electron chi connectivity index (χ2n) is 5.50. The molecule has 0 spiro atoms. The molecule has 0 fully saturated rings. The zero-order valence-electron chi connectivity index (χ0n) is 12.0. The topological polar surface area (TPSA) is 12.0 Å². The van der Waals surface area contributed by atoms with Crippen molar-refractivity contribution in [3.63, 3.8) is 0 Å². The SMILES string of the molecule is CCNC(C)CC(C)Cc1cc(C)cc(C)c1. The summed E-state index contributed by atoms with van der Waals surface area (Å²) in [5, 5.41) is 3.48. The lowest BCUT2D eigenvalue weighted by molar-refractivity contribution is 0.426. The lowest BCUT2D eigenvalue weighted by atomic mass is 9.93. The molecule has 0 radical (unpaired) electrons. The first-order valence-electron chi connectivity index (χ1n) is 6.81. The van der Waals surface area contributed by atoms with Crippen molar-refractivity contribution in [2.75, 3.05) is 6.54 Å². The first-order valence-corrected chi connectivity index (χ1v) is 6.81. The van der Waals surface area contributed by atoms with Crippen LogP contribution in [0.4, 0.5) is 0 Å². The maximum absolute atomic E-state index is 3.48. The molecular weight excluding hydrogens is 206 g/mol. The Morgan fingerprint density at radius 2 is 1.65 bits per heavy atom. The zero-order chi connectivity index (χ0) is 12.8. The molecule has 1 aromatic rings. The molecule has 17 heavy (non-hydrogen) atoms. The summed E-state index contributed by atoms with van der Waals surface area (Å²) >= 11 is 0. The van der Waals surface area contributed by atoms with Crippen LogP contribution in [0.1, 0.15) is 43.9 Å². The minimum Gasteiger partial charge on any atom is -0.315 e. The van der Waals surface area contributed by atoms with Gasteiger partial charge in [0.1, 0.15) is 0 Å². The average molecular weight is 233 g/mol. The van der Waals surface area contributed by atoms with E-state index in [1.165, 1.54) is 29.5 Å². The Morgan fingerprint density at radius 3 is 2.18 bits per heavy atom. The van der Waals surface area contributed by atoms with Gasteiger partial charge in [-0.2, -0.15) is 0 Å². The third kappa shape index (κ3) is 5.36. The summed E-state index contributed by atoms with van der Waals surface area (Å²) < 4.78 is 0. The van der Waals surface area contributed by atoms with Crippen LogP contribution in [-0.4, -0.2) is 12.6 Å². The molecular formula is C16H27N. The summed E-state index contributed by atoms with van der Waals surface area (Å²) in [4.78, 5) is 0. The molecule has 0 saturated carbocycles. The smallest absolute Gasteiger partial charge is 0.00412 e. The second-order valence-corrected chi connectivity index (χ2v) is 5.50. The third-order valence-electron chi connectivity index (χ3n) is 3.17. The van der Waals surface area contributed by atoms with Crippen molar-refractivity contribution in [1.29, 1.82) is 0 Å². The van der Waals surface area contributed by atoms with E-state index in [4.69, 9.17) is 0 Å². The van der Waals surface area contributed by atoms with Crippen LogP contribution in [0.25, 0.3) is 0 Å². The van der Waals surface area contributed by atoms with Crippen molar-refractivity contribution < 1.29 is 0 Å². The molecule has 0 saturated heterocycles. The molecule has 1 rings (SSSR count). The predicted molar refractivity (Wildman–Crippen MR) is 76.5 cm³/mol. The van der Waals surface area contributed by atoms with Gasteiger partial charge in [-0.3, -0.25) is 0 Å². The molecule has 0 aliphatic rings. The lowest BCUT2D eigenvalue weighted by Crippen LogP contribution is -2.27. The van der Waals surface area contributed by atoms with Gasteiger partial charge in [0.25, 0.3) is 0 Å². The molecule has 2 unspecified atom stereocenters. The standard InChI is InChI=1S/C16H27N/c1-6-17-15(5)8-14(4)11-16-9-12(2)7-13(3)10-16/h7,9-10,14-15,17H,6,8,11H2,1-5H3. The molecule has 1 nitrogen and oxygen atoms in total. The summed E-state index contributed by atoms with van der Waals surface area (Å²) in [6, 6.07) is 7.51. The summed E-state index contributed by atoms with van der Waals surface area (Å²) in [7, 11) is 0. The maximum Gasteiger partial charge on any atom is 0.00412 e. The van der Waals surface area contributed by atoms with Gasteiger partial charge >= 0.3 is 0 Å². The van der Waals surface area contributed by atoms with Crippen molar-refractivity contribution in [3.05, 3.63) is 34.9 Å². The first kappa shape index (κ1) is 14.2. The summed E-state index contributed by atoms with van der Waals surface area (Å²) in [6.07, 6.45) is 2.44. The van der Waals surface area contributed by atoms with Crippen LogP contribution in [0.15, 0.2) is 18.2 Å². The largest absolute Gasteiger partial charge is 0.315 e. The Bertz CT molecular complexity index is 323. The van der Waals surface area contributed by atoms with E-state index in [0.717, 1.165) is 12.5 Å². The highest BCUT2D eigenvalue weighted by atomic mass is 14.9. The van der Waals surface area contributed by atoms with E-state index in [9.17, 15) is 0 Å². The third-order valence-corrected chi connectivity index (χ3v) is 3.17. The molecule has 0 aliphatic carbocycles. The van der Waals surface area contributed by atoms with Crippen LogP contribution in [-0.2, 0) is 6.42 Å². The van der Waals surface area contributed by atoms with Crippen LogP contribution in [0.2, 0.25) is 0 Å². The number of rotatable bonds is 6. The van der Waals surface area contributed by atoms with Gasteiger partial charge in [0, 0.05) is 6.04 Å². The van der Waals surface area contributed by atoms with Gasteiger partial charge in [0.15, 0.2) is 0 Å². The number of hydrogen-bond donors (Lipinski definition) is 1. The highest BCUT2D eigenvalue weighted by Gasteiger charge is 2.09. The van der Waals surface area contributed by atoms with E-state index in [0.29, 0.717) is 6.04 Å². The van der Waals surface area contributed by atoms with Crippen molar-refractivity contribution in [2.24, 2.45) is 5.92 Å². The Labute approximate surface area is 107 Å². The van der Waals surface area contributed by atoms with Crippen molar-refractivity contribution in [2.45, 2.75) is 53.5 Å². The average Bonchev–Trinajstić information content (AvgIpc) is 2.14. The highest BCUT2D eigenvalue weighted by molar-refractivity contribution is 5.28. The second kappa shape index (κ2) is 6.80. The highest BCUT2D eigenvalue weighted by Crippen LogP contribution is 2.16. The van der Waals surface area contributed by atoms with E-state index in [1.54, 1.807) is 0 Å². The van der Waals surface area contributed by atoms with Crippen molar-refractivity contribution >= 4 is 0 Å². The van der Waals surface area contributed by atoms with E-state index >= 15 is 0 Å². The molecule has 0 amide bonds. The number of benzene rings is 1. The lowest BCUT2D eigenvalue weighted by Gasteiger charge is -2.18. The molecule has 0 heterocycles. The Hall–Kier alpha value is -0.820. The van der Waals surface area contributed by atoms with E-state index < -0.39 is 0 Å². The van der Waals surface area contributed by atoms with Gasteiger partial charge < -0.3 is 5.32 Å². The molecule has 2 atom stereocenters. The van der Waals surface area contributed by atoms with Crippen LogP contribution < -0.4 is 5.32 Å². The number of hydrogen-bond acceptors (Lipinski definition) is 1. The monoisotopic (exact) mass is 233 g/mol. The quantitative estimate of drug-likeness (QED) is 0.786. The van der Waals surface area contributed by atoms with Crippen LogP contribution in [0, 0.1) is 19.8 Å². The van der Waals surface area contributed by atoms with E-state index in [2.05, 4.69) is 58.1 Å². The van der Waals surface area contributed by atoms with Crippen LogP contribution in [0.3, 0.4) is 0 Å². The molecule has 0 aliphatic heterocycles. The van der Waals surface area contributed by atoms with E-state index in [1.807, 2.05) is 0 Å². The van der Waals surface area contributed by atoms with Crippen LogP contribution >= 0.6 is 0 Å². The molecule has 1 heteroatoms. The fourth-order valence-corrected chi connectivity index (χ4v) is 2.71. The Balaban J connectivity index is 2.52. The summed E-state index contributed by atoms with van der Waals surface area (Å²) in [5.74, 6) is 0.741. The molecule has 0 bridgehead atoms. The number of nitrogens with one attached hydrogen (secondary N) is 1. The van der Waals surface area contributed by atoms with Gasteiger partial charge in [-0.25, -0.2) is 0 Å². The summed E-state index contributed by atoms with van der Waals surface area (Å²) in [5.41, 5.74) is 4.25. The fraction of sp³-hybridized carbons (Fsp3) is 0.625. The van der Waals surface area contributed by atoms with Gasteiger partial charge in [-0.15, -0.1) is 0 Å². The summed E-state index contributed by atoms with van der Waals surface area (Å²) in [6.45, 7) is 12.2. The Morgan fingerprint density at radius 1 is 1.06 bits per heavy atom. The zero-order valence-corrected chi connectivity index (χ0v) is 12.0. The normalized spacial score (nSPS) is 14.6. The molecule has 1 N–H and O–H groups in total. The molecule has 96 valence electrons. The molecule has 0 aromatic heterocycles. The van der Waals surface area contributed by atoms with Gasteiger partial charge in [0.2, 0.25) is 0 Å². The van der Waals surface area contributed by atoms with Gasteiger partial charge in [-0.1, -0.05) is 43.2 Å². The number of aryl methyl sites for hydroxylation is 2. The molecule has 1 aromatic carbocycles. The predicted octanol–water partition coefficient (Wildman–Crippen LogP) is 3.87. The van der Waals surface area contributed by atoms with Gasteiger partial charge in [0.05, 0.1) is 0 Å². The van der Waals surface area contributed by atoms with Gasteiger partial charge in [-0.05, 0) is 51.6 Å². The van der Waals surface area contributed by atoms with Crippen LogP contribution in [0.5, 0.6) is 0 Å². The first-order chi connectivity index (χ1) is 8.01. The van der Waals surface area contributed by atoms with Crippen molar-refractivity contribution in [1.82, 2.24) is 5.32 Å².